The highest BCUT2D eigenvalue weighted by Crippen LogP contribution is 2.29. The average Bonchev–Trinajstić information content (AvgIpc) is 3.07. The molecule has 4 aromatic rings. The number of ether oxygens (including phenoxy) is 1. The Morgan fingerprint density at radius 2 is 1.93 bits per heavy atom. The van der Waals surface area contributed by atoms with Crippen molar-refractivity contribution < 1.29 is 13.9 Å². The van der Waals surface area contributed by atoms with Crippen LogP contribution in [0.5, 0.6) is 5.75 Å². The average molecular weight is 391 g/mol. The Morgan fingerprint density at radius 3 is 2.66 bits per heavy atom. The van der Waals surface area contributed by atoms with E-state index in [1.807, 2.05) is 30.5 Å². The van der Waals surface area contributed by atoms with Crippen LogP contribution in [-0.4, -0.2) is 27.0 Å². The van der Waals surface area contributed by atoms with E-state index in [0.717, 1.165) is 11.1 Å². The van der Waals surface area contributed by atoms with Gasteiger partial charge >= 0.3 is 0 Å². The van der Waals surface area contributed by atoms with Gasteiger partial charge in [0.25, 0.3) is 5.56 Å². The minimum absolute atomic E-state index is 0.174. The van der Waals surface area contributed by atoms with E-state index in [-0.39, 0.29) is 17.9 Å². The van der Waals surface area contributed by atoms with Crippen molar-refractivity contribution >= 4 is 16.8 Å². The summed E-state index contributed by atoms with van der Waals surface area (Å²) in [4.78, 5) is 29.9. The fourth-order valence-corrected chi connectivity index (χ4v) is 3.31. The molecule has 0 aliphatic rings. The van der Waals surface area contributed by atoms with E-state index in [9.17, 15) is 14.0 Å². The molecule has 29 heavy (non-hydrogen) atoms. The van der Waals surface area contributed by atoms with Crippen LogP contribution in [0.25, 0.3) is 22.2 Å². The monoisotopic (exact) mass is 391 g/mol. The number of rotatable bonds is 5. The number of fused-ring (bicyclic) bond motifs is 1. The number of benzene rings is 2. The van der Waals surface area contributed by atoms with Gasteiger partial charge in [-0.1, -0.05) is 12.1 Å². The minimum Gasteiger partial charge on any atom is -0.497 e. The summed E-state index contributed by atoms with van der Waals surface area (Å²) in [6.45, 7) is -0.174. The number of aryl methyl sites for hydroxylation is 1. The number of hydrogen-bond donors (Lipinski definition) is 0. The second-order valence-electron chi connectivity index (χ2n) is 6.69. The number of hydrogen-bond acceptors (Lipinski definition) is 4. The first-order valence-electron chi connectivity index (χ1n) is 8.95. The molecule has 0 N–H and O–H groups in total. The zero-order valence-electron chi connectivity index (χ0n) is 15.9. The van der Waals surface area contributed by atoms with Crippen molar-refractivity contribution in [2.24, 2.45) is 7.05 Å². The molecule has 146 valence electrons. The second-order valence-corrected chi connectivity index (χ2v) is 6.69. The van der Waals surface area contributed by atoms with Crippen LogP contribution >= 0.6 is 0 Å². The summed E-state index contributed by atoms with van der Waals surface area (Å²) >= 11 is 0. The number of ketones is 1. The zero-order valence-corrected chi connectivity index (χ0v) is 15.9. The SMILES string of the molecule is COc1cccc(-c2cn(C)c3c(=O)n(CC(=O)c4ccc(F)cc4)cnc23)c1. The molecule has 0 aliphatic heterocycles. The minimum atomic E-state index is -0.421. The number of methoxy groups -OCH3 is 1. The fraction of sp³-hybridized carbons (Fsp3) is 0.136. The predicted molar refractivity (Wildman–Crippen MR) is 108 cm³/mol. The van der Waals surface area contributed by atoms with Gasteiger partial charge in [-0.2, -0.15) is 0 Å². The summed E-state index contributed by atoms with van der Waals surface area (Å²) in [7, 11) is 3.36. The molecule has 0 saturated carbocycles. The van der Waals surface area contributed by atoms with E-state index in [1.165, 1.54) is 35.2 Å². The van der Waals surface area contributed by atoms with Gasteiger partial charge in [0, 0.05) is 24.4 Å². The Kier molecular flexibility index (Phi) is 4.72. The third-order valence-electron chi connectivity index (χ3n) is 4.81. The Balaban J connectivity index is 1.74. The Morgan fingerprint density at radius 1 is 1.17 bits per heavy atom. The summed E-state index contributed by atoms with van der Waals surface area (Å²) in [6.07, 6.45) is 3.20. The molecule has 0 bridgehead atoms. The lowest BCUT2D eigenvalue weighted by atomic mass is 10.1. The Hall–Kier alpha value is -3.74. The van der Waals surface area contributed by atoms with Crippen molar-refractivity contribution in [2.45, 2.75) is 6.54 Å². The maximum absolute atomic E-state index is 13.1. The van der Waals surface area contributed by atoms with Crippen molar-refractivity contribution in [3.63, 3.8) is 0 Å². The summed E-state index contributed by atoms with van der Waals surface area (Å²) in [5, 5.41) is 0. The lowest BCUT2D eigenvalue weighted by Crippen LogP contribution is -2.25. The van der Waals surface area contributed by atoms with E-state index in [4.69, 9.17) is 4.74 Å². The smallest absolute Gasteiger partial charge is 0.278 e. The number of nitrogens with zero attached hydrogens (tertiary/aromatic N) is 3. The number of halogens is 1. The summed E-state index contributed by atoms with van der Waals surface area (Å²) < 4.78 is 21.3. The molecule has 0 unspecified atom stereocenters. The van der Waals surface area contributed by atoms with Crippen LogP contribution in [0.3, 0.4) is 0 Å². The first-order chi connectivity index (χ1) is 14.0. The molecule has 0 spiro atoms. The molecular formula is C22H18FN3O3. The van der Waals surface area contributed by atoms with Crippen LogP contribution in [0.1, 0.15) is 10.4 Å². The maximum atomic E-state index is 13.1. The number of aromatic nitrogens is 3. The van der Waals surface area contributed by atoms with E-state index < -0.39 is 5.82 Å². The molecule has 2 heterocycles. The normalized spacial score (nSPS) is 11.0. The molecule has 2 aromatic carbocycles. The third-order valence-corrected chi connectivity index (χ3v) is 4.81. The topological polar surface area (TPSA) is 66.1 Å². The summed E-state index contributed by atoms with van der Waals surface area (Å²) in [5.41, 5.74) is 2.65. The van der Waals surface area contributed by atoms with Gasteiger partial charge in [0.2, 0.25) is 0 Å². The molecule has 2 aromatic heterocycles. The molecule has 6 nitrogen and oxygen atoms in total. The van der Waals surface area contributed by atoms with Crippen LogP contribution in [0.15, 0.2) is 65.8 Å². The molecule has 4 rings (SSSR count). The van der Waals surface area contributed by atoms with Crippen molar-refractivity contribution in [3.8, 4) is 16.9 Å². The van der Waals surface area contributed by atoms with Crippen LogP contribution < -0.4 is 10.3 Å². The van der Waals surface area contributed by atoms with Gasteiger partial charge in [0.15, 0.2) is 5.78 Å². The quantitative estimate of drug-likeness (QED) is 0.489. The van der Waals surface area contributed by atoms with E-state index in [1.54, 1.807) is 18.7 Å². The van der Waals surface area contributed by atoms with Gasteiger partial charge in [0.1, 0.15) is 22.6 Å². The van der Waals surface area contributed by atoms with Crippen LogP contribution in [0.2, 0.25) is 0 Å². The highest BCUT2D eigenvalue weighted by Gasteiger charge is 2.17. The van der Waals surface area contributed by atoms with Crippen molar-refractivity contribution in [1.29, 1.82) is 0 Å². The molecule has 7 heteroatoms. The number of Topliss-reactive ketones (excluding diaryl/α,β-unsaturated/α-hetero) is 1. The van der Waals surface area contributed by atoms with Crippen molar-refractivity contribution in [1.82, 2.24) is 14.1 Å². The first-order valence-corrected chi connectivity index (χ1v) is 8.95. The van der Waals surface area contributed by atoms with Crippen LogP contribution in [0, 0.1) is 5.82 Å². The Bertz CT molecular complexity index is 1270. The van der Waals surface area contributed by atoms with Crippen LogP contribution in [-0.2, 0) is 13.6 Å². The van der Waals surface area contributed by atoms with Crippen molar-refractivity contribution in [2.75, 3.05) is 7.11 Å². The van der Waals surface area contributed by atoms with Gasteiger partial charge in [-0.05, 0) is 42.0 Å². The highest BCUT2D eigenvalue weighted by atomic mass is 19.1. The number of carbonyl (C=O) groups is 1. The Labute approximate surface area is 165 Å². The van der Waals surface area contributed by atoms with Crippen molar-refractivity contribution in [3.05, 3.63) is 82.8 Å². The molecule has 0 amide bonds. The molecule has 0 aliphatic carbocycles. The fourth-order valence-electron chi connectivity index (χ4n) is 3.31. The standard InChI is InChI=1S/C22H18FN3O3/c1-25-11-18(15-4-3-5-17(10-15)29-2)20-21(25)22(28)26(13-24-20)12-19(27)14-6-8-16(23)9-7-14/h3-11,13H,12H2,1-2H3. The maximum Gasteiger partial charge on any atom is 0.278 e. The second kappa shape index (κ2) is 7.35. The summed E-state index contributed by atoms with van der Waals surface area (Å²) in [5.74, 6) is -0.0103. The van der Waals surface area contributed by atoms with Gasteiger partial charge < -0.3 is 9.30 Å². The van der Waals surface area contributed by atoms with E-state index in [2.05, 4.69) is 4.98 Å². The molecule has 0 fully saturated rings. The van der Waals surface area contributed by atoms with Gasteiger partial charge in [0.05, 0.1) is 20.0 Å². The highest BCUT2D eigenvalue weighted by molar-refractivity contribution is 5.96. The summed E-state index contributed by atoms with van der Waals surface area (Å²) in [6, 6.07) is 12.7. The van der Waals surface area contributed by atoms with Gasteiger partial charge in [-0.25, -0.2) is 9.37 Å². The van der Waals surface area contributed by atoms with Gasteiger partial charge in [-0.3, -0.25) is 14.2 Å². The van der Waals surface area contributed by atoms with Crippen LogP contribution in [0.4, 0.5) is 4.39 Å². The van der Waals surface area contributed by atoms with E-state index in [0.29, 0.717) is 22.3 Å². The lowest BCUT2D eigenvalue weighted by Gasteiger charge is -2.06. The molecular weight excluding hydrogens is 373 g/mol. The first kappa shape index (κ1) is 18.6. The third kappa shape index (κ3) is 3.42. The lowest BCUT2D eigenvalue weighted by molar-refractivity contribution is 0.0970. The number of carbonyl (C=O) groups excluding carboxylic acids is 1. The predicted octanol–water partition coefficient (Wildman–Crippen LogP) is 3.43. The largest absolute Gasteiger partial charge is 0.497 e. The molecule has 0 saturated heterocycles. The van der Waals surface area contributed by atoms with Gasteiger partial charge in [-0.15, -0.1) is 0 Å². The zero-order chi connectivity index (χ0) is 20.5. The van der Waals surface area contributed by atoms with E-state index >= 15 is 0 Å². The molecule has 0 radical (unpaired) electrons. The molecule has 0 atom stereocenters.